The molecule has 1 heterocycles. The van der Waals surface area contributed by atoms with Gasteiger partial charge in [0, 0.05) is 11.5 Å². The van der Waals surface area contributed by atoms with Crippen LogP contribution in [-0.2, 0) is 0 Å². The van der Waals surface area contributed by atoms with Gasteiger partial charge in [-0.15, -0.1) is 0 Å². The first-order chi connectivity index (χ1) is 9.36. The summed E-state index contributed by atoms with van der Waals surface area (Å²) in [6.07, 6.45) is 5.86. The molecule has 3 atom stereocenters. The van der Waals surface area contributed by atoms with Gasteiger partial charge in [-0.1, -0.05) is 44.1 Å². The van der Waals surface area contributed by atoms with E-state index in [0.29, 0.717) is 21.6 Å². The fraction of sp³-hybridized carbons (Fsp3) is 0.733. The number of rotatable bonds is 3. The summed E-state index contributed by atoms with van der Waals surface area (Å²) in [6.45, 7) is 7.13. The second-order valence-electron chi connectivity index (χ2n) is 6.73. The molecule has 110 valence electrons. The van der Waals surface area contributed by atoms with Crippen molar-refractivity contribution in [1.82, 2.24) is 9.97 Å². The van der Waals surface area contributed by atoms with Crippen LogP contribution in [0.5, 0.6) is 5.88 Å². The van der Waals surface area contributed by atoms with Crippen LogP contribution < -0.4 is 4.74 Å². The first-order valence-electron chi connectivity index (χ1n) is 7.12. The van der Waals surface area contributed by atoms with E-state index in [9.17, 15) is 0 Å². The Morgan fingerprint density at radius 3 is 2.65 bits per heavy atom. The monoisotopic (exact) mass is 312 g/mol. The van der Waals surface area contributed by atoms with Crippen LogP contribution in [0.25, 0.3) is 0 Å². The molecule has 0 amide bonds. The van der Waals surface area contributed by atoms with Gasteiger partial charge in [0.05, 0.1) is 0 Å². The predicted molar refractivity (Wildman–Crippen MR) is 82.5 cm³/mol. The highest BCUT2D eigenvalue weighted by atomic mass is 35.5. The summed E-state index contributed by atoms with van der Waals surface area (Å²) in [5, 5.41) is 1.12. The zero-order chi connectivity index (χ0) is 14.5. The normalized spacial score (nSPS) is 34.5. The molecule has 2 aliphatic carbocycles. The molecule has 3 nitrogen and oxygen atoms in total. The van der Waals surface area contributed by atoms with Crippen LogP contribution in [0.3, 0.4) is 0 Å². The molecule has 0 aromatic carbocycles. The van der Waals surface area contributed by atoms with Crippen LogP contribution >= 0.6 is 23.4 Å². The fourth-order valence-electron chi connectivity index (χ4n) is 3.98. The largest absolute Gasteiger partial charge is 0.474 e. The molecule has 3 rings (SSSR count). The number of aromatic nitrogens is 2. The third-order valence-corrected chi connectivity index (χ3v) is 6.55. The standard InChI is InChI=1S/C15H21ClN2OS/c1-14(2)9-5-6-15(14,3)10(7-9)19-12-8-11(16)17-13(18-12)20-4/h8-10H,5-7H2,1-4H3. The van der Waals surface area contributed by atoms with Gasteiger partial charge in [0.15, 0.2) is 5.16 Å². The van der Waals surface area contributed by atoms with Crippen LogP contribution in [0.4, 0.5) is 0 Å². The van der Waals surface area contributed by atoms with Crippen molar-refractivity contribution >= 4 is 23.4 Å². The lowest BCUT2D eigenvalue weighted by Gasteiger charge is -2.38. The van der Waals surface area contributed by atoms with E-state index >= 15 is 0 Å². The van der Waals surface area contributed by atoms with E-state index in [2.05, 4.69) is 30.7 Å². The van der Waals surface area contributed by atoms with Crippen molar-refractivity contribution in [3.63, 3.8) is 0 Å². The van der Waals surface area contributed by atoms with Crippen molar-refractivity contribution in [3.05, 3.63) is 11.2 Å². The van der Waals surface area contributed by atoms with E-state index in [1.807, 2.05) is 6.26 Å². The molecule has 2 fully saturated rings. The minimum atomic E-state index is 0.231. The Balaban J connectivity index is 1.85. The summed E-state index contributed by atoms with van der Waals surface area (Å²) in [5.74, 6) is 1.37. The summed E-state index contributed by atoms with van der Waals surface area (Å²) < 4.78 is 6.22. The average Bonchev–Trinajstić information content (AvgIpc) is 2.71. The minimum Gasteiger partial charge on any atom is -0.474 e. The van der Waals surface area contributed by atoms with Gasteiger partial charge in [-0.05, 0) is 36.9 Å². The van der Waals surface area contributed by atoms with Gasteiger partial charge in [-0.2, -0.15) is 4.98 Å². The van der Waals surface area contributed by atoms with Crippen molar-refractivity contribution in [1.29, 1.82) is 0 Å². The molecular weight excluding hydrogens is 292 g/mol. The summed E-state index contributed by atoms with van der Waals surface area (Å²) in [6, 6.07) is 1.73. The van der Waals surface area contributed by atoms with Crippen LogP contribution in [0.1, 0.15) is 40.0 Å². The molecule has 0 spiro atoms. The molecule has 2 bridgehead atoms. The van der Waals surface area contributed by atoms with Crippen molar-refractivity contribution in [3.8, 4) is 5.88 Å². The molecular formula is C15H21ClN2OS. The predicted octanol–water partition coefficient (Wildman–Crippen LogP) is 4.45. The van der Waals surface area contributed by atoms with E-state index in [0.717, 1.165) is 12.3 Å². The van der Waals surface area contributed by atoms with Gasteiger partial charge >= 0.3 is 0 Å². The summed E-state index contributed by atoms with van der Waals surface area (Å²) in [7, 11) is 0. The van der Waals surface area contributed by atoms with Gasteiger partial charge in [-0.3, -0.25) is 0 Å². The van der Waals surface area contributed by atoms with Gasteiger partial charge in [0.1, 0.15) is 11.3 Å². The maximum atomic E-state index is 6.22. The number of nitrogens with zero attached hydrogens (tertiary/aromatic N) is 2. The molecule has 0 saturated heterocycles. The van der Waals surface area contributed by atoms with Crippen molar-refractivity contribution < 1.29 is 4.74 Å². The fourth-order valence-corrected chi connectivity index (χ4v) is 4.58. The smallest absolute Gasteiger partial charge is 0.219 e. The third kappa shape index (κ3) is 2.03. The first kappa shape index (κ1) is 14.5. The Hall–Kier alpha value is -0.480. The second-order valence-corrected chi connectivity index (χ2v) is 7.89. The summed E-state index contributed by atoms with van der Waals surface area (Å²) in [4.78, 5) is 8.58. The minimum absolute atomic E-state index is 0.231. The quantitative estimate of drug-likeness (QED) is 0.469. The van der Waals surface area contributed by atoms with Crippen molar-refractivity contribution in [2.24, 2.45) is 16.7 Å². The van der Waals surface area contributed by atoms with Crippen LogP contribution in [0, 0.1) is 16.7 Å². The molecule has 1 aromatic heterocycles. The van der Waals surface area contributed by atoms with Gasteiger partial charge in [0.2, 0.25) is 5.88 Å². The second kappa shape index (κ2) is 4.77. The lowest BCUT2D eigenvalue weighted by Crippen LogP contribution is -2.39. The number of halogens is 1. The number of thioether (sulfide) groups is 1. The molecule has 0 N–H and O–H groups in total. The Bertz CT molecular complexity index is 537. The maximum absolute atomic E-state index is 6.22. The highest BCUT2D eigenvalue weighted by molar-refractivity contribution is 7.98. The Kier molecular flexibility index (Phi) is 3.45. The van der Waals surface area contributed by atoms with Crippen molar-refractivity contribution in [2.75, 3.05) is 6.26 Å². The number of hydrogen-bond donors (Lipinski definition) is 0. The van der Waals surface area contributed by atoms with E-state index in [1.165, 1.54) is 24.6 Å². The summed E-state index contributed by atoms with van der Waals surface area (Å²) >= 11 is 7.52. The summed E-state index contributed by atoms with van der Waals surface area (Å²) in [5.41, 5.74) is 0.575. The lowest BCUT2D eigenvalue weighted by atomic mass is 9.70. The molecule has 2 aliphatic rings. The van der Waals surface area contributed by atoms with Crippen molar-refractivity contribution in [2.45, 2.75) is 51.3 Å². The van der Waals surface area contributed by atoms with Crippen LogP contribution in [0.2, 0.25) is 5.15 Å². The molecule has 5 heteroatoms. The SMILES string of the molecule is CSc1nc(Cl)cc(OC2CC3CCC2(C)C3(C)C)n1. The maximum Gasteiger partial charge on any atom is 0.219 e. The average molecular weight is 313 g/mol. The lowest BCUT2D eigenvalue weighted by molar-refractivity contribution is 0.0268. The highest BCUT2D eigenvalue weighted by Crippen LogP contribution is 2.66. The van der Waals surface area contributed by atoms with Gasteiger partial charge in [-0.25, -0.2) is 4.98 Å². The van der Waals surface area contributed by atoms with E-state index in [4.69, 9.17) is 16.3 Å². The van der Waals surface area contributed by atoms with Gasteiger partial charge < -0.3 is 4.74 Å². The topological polar surface area (TPSA) is 35.0 Å². The molecule has 1 aromatic rings. The molecule has 3 unspecified atom stereocenters. The van der Waals surface area contributed by atoms with Gasteiger partial charge in [0.25, 0.3) is 0 Å². The molecule has 0 aliphatic heterocycles. The highest BCUT2D eigenvalue weighted by Gasteiger charge is 2.62. The third-order valence-electron chi connectivity index (χ3n) is 5.81. The van der Waals surface area contributed by atoms with Crippen LogP contribution in [0.15, 0.2) is 11.2 Å². The molecule has 0 radical (unpaired) electrons. The zero-order valence-electron chi connectivity index (χ0n) is 12.4. The number of fused-ring (bicyclic) bond motifs is 2. The van der Waals surface area contributed by atoms with Crippen LogP contribution in [-0.4, -0.2) is 22.3 Å². The number of hydrogen-bond acceptors (Lipinski definition) is 4. The Labute approximate surface area is 129 Å². The number of ether oxygens (including phenoxy) is 1. The van der Waals surface area contributed by atoms with E-state index < -0.39 is 0 Å². The van der Waals surface area contributed by atoms with E-state index in [1.54, 1.807) is 6.07 Å². The first-order valence-corrected chi connectivity index (χ1v) is 8.72. The molecule has 2 saturated carbocycles. The Morgan fingerprint density at radius 1 is 1.35 bits per heavy atom. The zero-order valence-corrected chi connectivity index (χ0v) is 14.0. The van der Waals surface area contributed by atoms with E-state index in [-0.39, 0.29) is 11.5 Å². The molecule has 20 heavy (non-hydrogen) atoms. The Morgan fingerprint density at radius 2 is 2.10 bits per heavy atom.